The Balaban J connectivity index is 2.34. The normalized spacial score (nSPS) is 19.7. The Labute approximate surface area is 123 Å². The standard InChI is InChI=1S/C13H18FN3O3S/c1-9(18)16-10-4-5-13(12(14)7-10)21(19,20)17-6-2-3-11(17)8-15/h4-5,7,11H,2-3,6,8,15H2,1H3,(H,16,18). The molecule has 116 valence electrons. The molecule has 1 saturated heterocycles. The van der Waals surface area contributed by atoms with E-state index in [0.717, 1.165) is 6.07 Å². The number of hydrogen-bond donors (Lipinski definition) is 2. The summed E-state index contributed by atoms with van der Waals surface area (Å²) in [6.07, 6.45) is 1.40. The predicted octanol–water partition coefficient (Wildman–Crippen LogP) is 0.896. The van der Waals surface area contributed by atoms with E-state index in [0.29, 0.717) is 19.4 Å². The van der Waals surface area contributed by atoms with Gasteiger partial charge in [-0.05, 0) is 31.0 Å². The Morgan fingerprint density at radius 3 is 2.81 bits per heavy atom. The second kappa shape index (κ2) is 6.08. The number of halogens is 1. The molecular weight excluding hydrogens is 297 g/mol. The van der Waals surface area contributed by atoms with Crippen LogP contribution in [0.3, 0.4) is 0 Å². The zero-order chi connectivity index (χ0) is 15.6. The summed E-state index contributed by atoms with van der Waals surface area (Å²) in [6, 6.07) is 3.25. The molecule has 0 saturated carbocycles. The number of nitrogens with one attached hydrogen (secondary N) is 1. The minimum absolute atomic E-state index is 0.213. The molecule has 21 heavy (non-hydrogen) atoms. The molecular formula is C13H18FN3O3S. The quantitative estimate of drug-likeness (QED) is 0.863. The van der Waals surface area contributed by atoms with E-state index in [1.807, 2.05) is 0 Å². The molecule has 1 aliphatic heterocycles. The first-order chi connectivity index (χ1) is 9.86. The van der Waals surface area contributed by atoms with Crippen molar-refractivity contribution in [1.82, 2.24) is 4.31 Å². The molecule has 1 unspecified atom stereocenters. The van der Waals surface area contributed by atoms with Crippen LogP contribution in [0.2, 0.25) is 0 Å². The zero-order valence-corrected chi connectivity index (χ0v) is 12.5. The lowest BCUT2D eigenvalue weighted by molar-refractivity contribution is -0.114. The van der Waals surface area contributed by atoms with Crippen LogP contribution in [0.1, 0.15) is 19.8 Å². The van der Waals surface area contributed by atoms with Crippen molar-refractivity contribution >= 4 is 21.6 Å². The molecule has 3 N–H and O–H groups in total. The topological polar surface area (TPSA) is 92.5 Å². The average Bonchev–Trinajstić information content (AvgIpc) is 2.86. The molecule has 1 atom stereocenters. The summed E-state index contributed by atoms with van der Waals surface area (Å²) in [5.74, 6) is -1.24. The molecule has 0 aromatic heterocycles. The molecule has 1 fully saturated rings. The SMILES string of the molecule is CC(=O)Nc1ccc(S(=O)(=O)N2CCCC2CN)c(F)c1. The Morgan fingerprint density at radius 2 is 2.24 bits per heavy atom. The van der Waals surface area contributed by atoms with Gasteiger partial charge >= 0.3 is 0 Å². The van der Waals surface area contributed by atoms with Crippen molar-refractivity contribution in [3.63, 3.8) is 0 Å². The fraction of sp³-hybridized carbons (Fsp3) is 0.462. The number of nitrogens with two attached hydrogens (primary N) is 1. The van der Waals surface area contributed by atoms with Crippen LogP contribution in [0.5, 0.6) is 0 Å². The van der Waals surface area contributed by atoms with Crippen LogP contribution < -0.4 is 11.1 Å². The lowest BCUT2D eigenvalue weighted by Gasteiger charge is -2.23. The summed E-state index contributed by atoms with van der Waals surface area (Å²) in [5, 5.41) is 2.41. The maximum absolute atomic E-state index is 14.1. The third kappa shape index (κ3) is 3.22. The maximum Gasteiger partial charge on any atom is 0.246 e. The van der Waals surface area contributed by atoms with E-state index in [9.17, 15) is 17.6 Å². The molecule has 8 heteroatoms. The van der Waals surface area contributed by atoms with Crippen LogP contribution in [0.25, 0.3) is 0 Å². The van der Waals surface area contributed by atoms with Gasteiger partial charge in [-0.25, -0.2) is 12.8 Å². The third-order valence-corrected chi connectivity index (χ3v) is 5.42. The summed E-state index contributed by atoms with van der Waals surface area (Å²) < 4.78 is 40.3. The number of hydrogen-bond acceptors (Lipinski definition) is 4. The van der Waals surface area contributed by atoms with Crippen LogP contribution in [0.15, 0.2) is 23.1 Å². The minimum Gasteiger partial charge on any atom is -0.329 e. The second-order valence-corrected chi connectivity index (χ2v) is 6.83. The molecule has 1 aliphatic rings. The number of amides is 1. The molecule has 0 aliphatic carbocycles. The van der Waals surface area contributed by atoms with Crippen molar-refractivity contribution in [3.05, 3.63) is 24.0 Å². The van der Waals surface area contributed by atoms with Crippen molar-refractivity contribution in [2.75, 3.05) is 18.4 Å². The molecule has 1 amide bonds. The molecule has 1 aromatic carbocycles. The molecule has 0 spiro atoms. The van der Waals surface area contributed by atoms with Gasteiger partial charge in [0.25, 0.3) is 0 Å². The Hall–Kier alpha value is -1.51. The van der Waals surface area contributed by atoms with E-state index in [1.54, 1.807) is 0 Å². The lowest BCUT2D eigenvalue weighted by Crippen LogP contribution is -2.40. The molecule has 2 rings (SSSR count). The summed E-state index contributed by atoms with van der Waals surface area (Å²) in [5.41, 5.74) is 5.79. The summed E-state index contributed by atoms with van der Waals surface area (Å²) in [6.45, 7) is 1.85. The van der Waals surface area contributed by atoms with Gasteiger partial charge in [0.2, 0.25) is 15.9 Å². The Bertz CT molecular complexity index is 648. The summed E-state index contributed by atoms with van der Waals surface area (Å²) >= 11 is 0. The molecule has 0 radical (unpaired) electrons. The predicted molar refractivity (Wildman–Crippen MR) is 76.7 cm³/mol. The highest BCUT2D eigenvalue weighted by molar-refractivity contribution is 7.89. The number of carbonyl (C=O) groups is 1. The fourth-order valence-electron chi connectivity index (χ4n) is 2.48. The Kier molecular flexibility index (Phi) is 4.60. The van der Waals surface area contributed by atoms with Gasteiger partial charge < -0.3 is 11.1 Å². The highest BCUT2D eigenvalue weighted by atomic mass is 32.2. The summed E-state index contributed by atoms with van der Waals surface area (Å²) in [7, 11) is -3.91. The number of rotatable bonds is 4. The van der Waals surface area contributed by atoms with E-state index in [2.05, 4.69) is 5.32 Å². The van der Waals surface area contributed by atoms with E-state index in [-0.39, 0.29) is 24.2 Å². The van der Waals surface area contributed by atoms with E-state index >= 15 is 0 Å². The molecule has 1 heterocycles. The number of carbonyl (C=O) groups excluding carboxylic acids is 1. The lowest BCUT2D eigenvalue weighted by atomic mass is 10.2. The van der Waals surface area contributed by atoms with Crippen LogP contribution in [-0.4, -0.2) is 37.8 Å². The average molecular weight is 315 g/mol. The van der Waals surface area contributed by atoms with Gasteiger partial charge in [0.1, 0.15) is 10.7 Å². The zero-order valence-electron chi connectivity index (χ0n) is 11.7. The van der Waals surface area contributed by atoms with Crippen molar-refractivity contribution in [3.8, 4) is 0 Å². The third-order valence-electron chi connectivity index (χ3n) is 3.43. The van der Waals surface area contributed by atoms with Gasteiger partial charge in [-0.3, -0.25) is 4.79 Å². The van der Waals surface area contributed by atoms with Crippen LogP contribution in [0, 0.1) is 5.82 Å². The fourth-order valence-corrected chi connectivity index (χ4v) is 4.23. The van der Waals surface area contributed by atoms with Crippen molar-refractivity contribution in [1.29, 1.82) is 0 Å². The highest BCUT2D eigenvalue weighted by Crippen LogP contribution is 2.28. The van der Waals surface area contributed by atoms with E-state index < -0.39 is 20.7 Å². The van der Waals surface area contributed by atoms with Crippen LogP contribution in [0.4, 0.5) is 10.1 Å². The number of benzene rings is 1. The van der Waals surface area contributed by atoms with Crippen LogP contribution in [-0.2, 0) is 14.8 Å². The van der Waals surface area contributed by atoms with Crippen LogP contribution >= 0.6 is 0 Å². The van der Waals surface area contributed by atoms with Gasteiger partial charge in [-0.1, -0.05) is 0 Å². The van der Waals surface area contributed by atoms with E-state index in [1.165, 1.54) is 23.4 Å². The Morgan fingerprint density at radius 1 is 1.52 bits per heavy atom. The van der Waals surface area contributed by atoms with Gasteiger partial charge in [0, 0.05) is 31.7 Å². The first-order valence-corrected chi connectivity index (χ1v) is 8.09. The monoisotopic (exact) mass is 315 g/mol. The number of nitrogens with zero attached hydrogens (tertiary/aromatic N) is 1. The number of sulfonamides is 1. The smallest absolute Gasteiger partial charge is 0.246 e. The molecule has 0 bridgehead atoms. The van der Waals surface area contributed by atoms with Gasteiger partial charge in [-0.2, -0.15) is 4.31 Å². The minimum atomic E-state index is -3.91. The molecule has 1 aromatic rings. The first-order valence-electron chi connectivity index (χ1n) is 6.65. The maximum atomic E-state index is 14.1. The van der Waals surface area contributed by atoms with Gasteiger partial charge in [0.05, 0.1) is 0 Å². The summed E-state index contributed by atoms with van der Waals surface area (Å²) in [4.78, 5) is 10.5. The number of anilines is 1. The first kappa shape index (κ1) is 15.9. The highest BCUT2D eigenvalue weighted by Gasteiger charge is 2.35. The van der Waals surface area contributed by atoms with Crippen molar-refractivity contribution in [2.45, 2.75) is 30.7 Å². The van der Waals surface area contributed by atoms with Gasteiger partial charge in [-0.15, -0.1) is 0 Å². The van der Waals surface area contributed by atoms with Crippen molar-refractivity contribution < 1.29 is 17.6 Å². The largest absolute Gasteiger partial charge is 0.329 e. The van der Waals surface area contributed by atoms with Crippen molar-refractivity contribution in [2.24, 2.45) is 5.73 Å². The van der Waals surface area contributed by atoms with Gasteiger partial charge in [0.15, 0.2) is 0 Å². The molecule has 6 nitrogen and oxygen atoms in total. The van der Waals surface area contributed by atoms with E-state index in [4.69, 9.17) is 5.73 Å². The second-order valence-electron chi connectivity index (χ2n) is 4.97.